The maximum Gasteiger partial charge on any atom is 0.276 e. The first-order chi connectivity index (χ1) is 10.1. The SMILES string of the molecule is CCCNc1cc([N+](=O)[O-])cc(NCC2(CCO)CC2)n1. The molecule has 0 aliphatic heterocycles. The van der Waals surface area contributed by atoms with Crippen LogP contribution in [0.2, 0.25) is 0 Å². The Morgan fingerprint density at radius 2 is 2.05 bits per heavy atom. The summed E-state index contributed by atoms with van der Waals surface area (Å²) < 4.78 is 0. The second-order valence-electron chi connectivity index (χ2n) is 5.61. The lowest BCUT2D eigenvalue weighted by atomic mass is 10.0. The van der Waals surface area contributed by atoms with Crippen LogP contribution in [-0.2, 0) is 0 Å². The van der Waals surface area contributed by atoms with E-state index in [1.165, 1.54) is 12.1 Å². The molecule has 1 saturated carbocycles. The number of hydrogen-bond donors (Lipinski definition) is 3. The molecule has 1 heterocycles. The van der Waals surface area contributed by atoms with Gasteiger partial charge in [-0.05, 0) is 31.1 Å². The first kappa shape index (κ1) is 15.5. The number of nitrogens with zero attached hydrogens (tertiary/aromatic N) is 2. The van der Waals surface area contributed by atoms with Crippen LogP contribution in [-0.4, -0.2) is 34.7 Å². The van der Waals surface area contributed by atoms with Crippen LogP contribution in [0.25, 0.3) is 0 Å². The minimum Gasteiger partial charge on any atom is -0.396 e. The topological polar surface area (TPSA) is 100 Å². The quantitative estimate of drug-likeness (QED) is 0.477. The Bertz CT molecular complexity index is 503. The highest BCUT2D eigenvalue weighted by Gasteiger charge is 2.41. The van der Waals surface area contributed by atoms with Gasteiger partial charge in [0.05, 0.1) is 17.1 Å². The molecular weight excluding hydrogens is 272 g/mol. The first-order valence-electron chi connectivity index (χ1n) is 7.34. The molecule has 0 bridgehead atoms. The fourth-order valence-electron chi connectivity index (χ4n) is 2.26. The van der Waals surface area contributed by atoms with Crippen molar-refractivity contribution in [2.45, 2.75) is 32.6 Å². The van der Waals surface area contributed by atoms with Gasteiger partial charge < -0.3 is 15.7 Å². The number of aromatic nitrogens is 1. The van der Waals surface area contributed by atoms with Gasteiger partial charge in [0, 0.05) is 19.7 Å². The third-order valence-corrected chi connectivity index (χ3v) is 3.82. The lowest BCUT2D eigenvalue weighted by Crippen LogP contribution is -2.17. The molecule has 0 spiro atoms. The summed E-state index contributed by atoms with van der Waals surface area (Å²) >= 11 is 0. The van der Waals surface area contributed by atoms with Gasteiger partial charge >= 0.3 is 0 Å². The second-order valence-corrected chi connectivity index (χ2v) is 5.61. The molecular formula is C14H22N4O3. The van der Waals surface area contributed by atoms with Crippen molar-refractivity contribution in [3.63, 3.8) is 0 Å². The largest absolute Gasteiger partial charge is 0.396 e. The summed E-state index contributed by atoms with van der Waals surface area (Å²) in [6.07, 6.45) is 3.84. The van der Waals surface area contributed by atoms with Crippen molar-refractivity contribution in [3.8, 4) is 0 Å². The van der Waals surface area contributed by atoms with Crippen LogP contribution in [0, 0.1) is 15.5 Å². The standard InChI is InChI=1S/C14H22N4O3/c1-2-6-15-12-8-11(18(20)21)9-13(17-12)16-10-14(3-4-14)5-7-19/h8-9,19H,2-7,10H2,1H3,(H2,15,16,17). The van der Waals surface area contributed by atoms with E-state index in [4.69, 9.17) is 5.11 Å². The molecule has 1 aromatic rings. The Labute approximate surface area is 123 Å². The maximum atomic E-state index is 11.0. The van der Waals surface area contributed by atoms with Gasteiger partial charge in [0.1, 0.15) is 11.6 Å². The summed E-state index contributed by atoms with van der Waals surface area (Å²) in [4.78, 5) is 14.9. The molecule has 1 aliphatic rings. The minimum atomic E-state index is -0.412. The van der Waals surface area contributed by atoms with Gasteiger partial charge in [-0.1, -0.05) is 6.92 Å². The van der Waals surface area contributed by atoms with E-state index in [2.05, 4.69) is 15.6 Å². The Kier molecular flexibility index (Phi) is 4.95. The molecule has 116 valence electrons. The molecule has 0 saturated heterocycles. The molecule has 0 amide bonds. The van der Waals surface area contributed by atoms with E-state index in [1.54, 1.807) is 0 Å². The van der Waals surface area contributed by atoms with E-state index in [-0.39, 0.29) is 17.7 Å². The van der Waals surface area contributed by atoms with Gasteiger partial charge in [-0.15, -0.1) is 0 Å². The average Bonchev–Trinajstić information content (AvgIpc) is 3.23. The zero-order valence-corrected chi connectivity index (χ0v) is 12.3. The molecule has 0 unspecified atom stereocenters. The van der Waals surface area contributed by atoms with Gasteiger partial charge in [0.25, 0.3) is 5.69 Å². The van der Waals surface area contributed by atoms with Crippen LogP contribution in [0.5, 0.6) is 0 Å². The molecule has 1 aromatic heterocycles. The number of aliphatic hydroxyl groups is 1. The molecule has 1 aliphatic carbocycles. The molecule has 7 heteroatoms. The third-order valence-electron chi connectivity index (χ3n) is 3.82. The Morgan fingerprint density at radius 3 is 2.57 bits per heavy atom. The van der Waals surface area contributed by atoms with Crippen molar-refractivity contribution in [2.75, 3.05) is 30.3 Å². The Hall–Kier alpha value is -1.89. The molecule has 2 rings (SSSR count). The van der Waals surface area contributed by atoms with Gasteiger partial charge in [0.2, 0.25) is 0 Å². The monoisotopic (exact) mass is 294 g/mol. The van der Waals surface area contributed by atoms with Gasteiger partial charge in [-0.2, -0.15) is 0 Å². The zero-order chi connectivity index (χ0) is 15.3. The molecule has 1 fully saturated rings. The smallest absolute Gasteiger partial charge is 0.276 e. The van der Waals surface area contributed by atoms with Gasteiger partial charge in [-0.3, -0.25) is 10.1 Å². The highest BCUT2D eigenvalue weighted by atomic mass is 16.6. The number of hydrogen-bond acceptors (Lipinski definition) is 6. The fourth-order valence-corrected chi connectivity index (χ4v) is 2.26. The molecule has 3 N–H and O–H groups in total. The van der Waals surface area contributed by atoms with Crippen LogP contribution < -0.4 is 10.6 Å². The van der Waals surface area contributed by atoms with E-state index in [0.717, 1.165) is 32.2 Å². The van der Waals surface area contributed by atoms with Crippen LogP contribution in [0.1, 0.15) is 32.6 Å². The van der Waals surface area contributed by atoms with Crippen LogP contribution in [0.3, 0.4) is 0 Å². The lowest BCUT2D eigenvalue weighted by Gasteiger charge is -2.15. The predicted octanol–water partition coefficient (Wildman–Crippen LogP) is 2.39. The zero-order valence-electron chi connectivity index (χ0n) is 12.3. The van der Waals surface area contributed by atoms with Gasteiger partial charge in [0.15, 0.2) is 0 Å². The molecule has 0 radical (unpaired) electrons. The van der Waals surface area contributed by atoms with Crippen LogP contribution >= 0.6 is 0 Å². The van der Waals surface area contributed by atoms with Crippen LogP contribution in [0.4, 0.5) is 17.3 Å². The van der Waals surface area contributed by atoms with E-state index in [9.17, 15) is 10.1 Å². The fraction of sp³-hybridized carbons (Fsp3) is 0.643. The van der Waals surface area contributed by atoms with E-state index >= 15 is 0 Å². The summed E-state index contributed by atoms with van der Waals surface area (Å²) in [6.45, 7) is 3.61. The number of aliphatic hydroxyl groups excluding tert-OH is 1. The summed E-state index contributed by atoms with van der Waals surface area (Å²) in [5, 5.41) is 26.3. The molecule has 0 atom stereocenters. The molecule has 7 nitrogen and oxygen atoms in total. The van der Waals surface area contributed by atoms with Gasteiger partial charge in [-0.25, -0.2) is 4.98 Å². The summed E-state index contributed by atoms with van der Waals surface area (Å²) in [6, 6.07) is 2.90. The summed E-state index contributed by atoms with van der Waals surface area (Å²) in [5.41, 5.74) is 0.163. The molecule has 21 heavy (non-hydrogen) atoms. The summed E-state index contributed by atoms with van der Waals surface area (Å²) in [7, 11) is 0. The third kappa shape index (κ3) is 4.29. The first-order valence-corrected chi connectivity index (χ1v) is 7.34. The lowest BCUT2D eigenvalue weighted by molar-refractivity contribution is -0.384. The Morgan fingerprint density at radius 1 is 1.38 bits per heavy atom. The predicted molar refractivity (Wildman–Crippen MR) is 81.5 cm³/mol. The van der Waals surface area contributed by atoms with E-state index in [1.807, 2.05) is 6.92 Å². The van der Waals surface area contributed by atoms with Crippen molar-refractivity contribution in [3.05, 3.63) is 22.2 Å². The highest BCUT2D eigenvalue weighted by Crippen LogP contribution is 2.48. The summed E-state index contributed by atoms with van der Waals surface area (Å²) in [5.74, 6) is 1.02. The van der Waals surface area contributed by atoms with Crippen molar-refractivity contribution < 1.29 is 10.0 Å². The van der Waals surface area contributed by atoms with Crippen molar-refractivity contribution in [2.24, 2.45) is 5.41 Å². The average molecular weight is 294 g/mol. The van der Waals surface area contributed by atoms with E-state index < -0.39 is 4.92 Å². The van der Waals surface area contributed by atoms with Crippen molar-refractivity contribution >= 4 is 17.3 Å². The number of nitrogens with one attached hydrogen (secondary N) is 2. The molecule has 0 aromatic carbocycles. The Balaban J connectivity index is 2.06. The number of nitro groups is 1. The van der Waals surface area contributed by atoms with Crippen LogP contribution in [0.15, 0.2) is 12.1 Å². The number of rotatable bonds is 9. The number of pyridine rings is 1. The van der Waals surface area contributed by atoms with Crippen molar-refractivity contribution in [1.82, 2.24) is 4.98 Å². The second kappa shape index (κ2) is 6.71. The highest BCUT2D eigenvalue weighted by molar-refractivity contribution is 5.54. The minimum absolute atomic E-state index is 0.0260. The normalized spacial score (nSPS) is 15.5. The maximum absolute atomic E-state index is 11.0. The number of anilines is 2. The van der Waals surface area contributed by atoms with Crippen molar-refractivity contribution in [1.29, 1.82) is 0 Å². The van der Waals surface area contributed by atoms with E-state index in [0.29, 0.717) is 18.2 Å².